The average molecular weight is 493 g/mol. The quantitative estimate of drug-likeness (QED) is 0.287. The summed E-state index contributed by atoms with van der Waals surface area (Å²) in [6.07, 6.45) is -1.63. The number of halogens is 6. The van der Waals surface area contributed by atoms with E-state index in [4.69, 9.17) is 11.6 Å². The average Bonchev–Trinajstić information content (AvgIpc) is 2.77. The van der Waals surface area contributed by atoms with Crippen LogP contribution in [-0.4, -0.2) is 16.2 Å². The number of hydrogen-bond acceptors (Lipinski definition) is 3. The third-order valence-electron chi connectivity index (χ3n) is 4.82. The van der Waals surface area contributed by atoms with Gasteiger partial charge >= 0.3 is 12.8 Å². The van der Waals surface area contributed by atoms with E-state index >= 15 is 0 Å². The van der Waals surface area contributed by atoms with Crippen molar-refractivity contribution in [3.63, 3.8) is 0 Å². The molecule has 0 fully saturated rings. The summed E-state index contributed by atoms with van der Waals surface area (Å²) in [7, 11) is 0. The smallest absolute Gasteiger partial charge is 0.416 e. The van der Waals surface area contributed by atoms with Crippen LogP contribution in [0.1, 0.15) is 17.0 Å². The summed E-state index contributed by atoms with van der Waals surface area (Å²) in [4.78, 5) is 17.7. The summed E-state index contributed by atoms with van der Waals surface area (Å²) in [6, 6.07) is 14.4. The molecule has 0 aliphatic rings. The van der Waals surface area contributed by atoms with E-state index in [0.29, 0.717) is 10.6 Å². The molecule has 0 radical (unpaired) electrons. The Kier molecular flexibility index (Phi) is 6.39. The van der Waals surface area contributed by atoms with Crippen LogP contribution in [-0.2, 0) is 6.18 Å². The van der Waals surface area contributed by atoms with Crippen molar-refractivity contribution >= 4 is 34.7 Å². The summed E-state index contributed by atoms with van der Waals surface area (Å²) < 4.78 is 69.9. The van der Waals surface area contributed by atoms with Crippen molar-refractivity contribution in [1.29, 1.82) is 0 Å². The number of nitrogens with zero attached hydrogens (tertiary/aromatic N) is 2. The SMILES string of the molecule is O=c1c2ccc(Cl)cc2nc(C=Cc2ccc(OC(F)F)cc2)n1-c1cccc(C(F)(F)F)c1. The number of aromatic nitrogens is 2. The van der Waals surface area contributed by atoms with Crippen molar-refractivity contribution < 1.29 is 26.7 Å². The minimum Gasteiger partial charge on any atom is -0.435 e. The molecule has 0 amide bonds. The molecule has 0 bridgehead atoms. The van der Waals surface area contributed by atoms with Gasteiger partial charge in [-0.3, -0.25) is 9.36 Å². The summed E-state index contributed by atoms with van der Waals surface area (Å²) in [5.41, 5.74) is -0.706. The summed E-state index contributed by atoms with van der Waals surface area (Å²) in [5.74, 6) is 0.0125. The highest BCUT2D eigenvalue weighted by molar-refractivity contribution is 6.31. The number of ether oxygens (including phenoxy) is 1. The highest BCUT2D eigenvalue weighted by Crippen LogP contribution is 2.30. The molecule has 174 valence electrons. The molecule has 0 atom stereocenters. The third kappa shape index (κ3) is 5.09. The Morgan fingerprint density at radius 1 is 0.971 bits per heavy atom. The van der Waals surface area contributed by atoms with E-state index < -0.39 is 23.9 Å². The topological polar surface area (TPSA) is 44.1 Å². The maximum absolute atomic E-state index is 13.3. The molecule has 0 aliphatic carbocycles. The van der Waals surface area contributed by atoms with E-state index in [1.807, 2.05) is 0 Å². The van der Waals surface area contributed by atoms with Gasteiger partial charge in [0.25, 0.3) is 5.56 Å². The highest BCUT2D eigenvalue weighted by atomic mass is 35.5. The minimum atomic E-state index is -4.60. The van der Waals surface area contributed by atoms with E-state index in [0.717, 1.165) is 16.7 Å². The highest BCUT2D eigenvalue weighted by Gasteiger charge is 2.30. The molecular formula is C24H14ClF5N2O2. The van der Waals surface area contributed by atoms with Crippen molar-refractivity contribution in [2.75, 3.05) is 0 Å². The van der Waals surface area contributed by atoms with Gasteiger partial charge < -0.3 is 4.74 Å². The maximum Gasteiger partial charge on any atom is 0.416 e. The van der Waals surface area contributed by atoms with Crippen LogP contribution in [0, 0.1) is 0 Å². The molecule has 0 spiro atoms. The van der Waals surface area contributed by atoms with Gasteiger partial charge in [0, 0.05) is 5.02 Å². The van der Waals surface area contributed by atoms with Gasteiger partial charge in [-0.2, -0.15) is 22.0 Å². The summed E-state index contributed by atoms with van der Waals surface area (Å²) in [5, 5.41) is 0.508. The number of alkyl halides is 5. The molecular weight excluding hydrogens is 479 g/mol. The first kappa shape index (κ1) is 23.4. The fourth-order valence-electron chi connectivity index (χ4n) is 3.29. The molecule has 1 aromatic heterocycles. The Hall–Kier alpha value is -3.72. The van der Waals surface area contributed by atoms with Gasteiger partial charge in [-0.25, -0.2) is 4.98 Å². The lowest BCUT2D eigenvalue weighted by Gasteiger charge is -2.14. The number of rotatable bonds is 5. The molecule has 4 rings (SSSR count). The molecule has 0 unspecified atom stereocenters. The largest absolute Gasteiger partial charge is 0.435 e. The molecule has 0 saturated carbocycles. The fourth-order valence-corrected chi connectivity index (χ4v) is 3.46. The standard InChI is InChI=1S/C24H14ClF5N2O2/c25-16-7-10-19-20(13-16)31-21(11-6-14-4-8-18(9-5-14)34-23(26)27)32(22(19)33)17-3-1-2-15(12-17)24(28,29)30/h1-13,23H. The van der Waals surface area contributed by atoms with Crippen molar-refractivity contribution in [3.05, 3.63) is 99.1 Å². The lowest BCUT2D eigenvalue weighted by Crippen LogP contribution is -2.22. The molecule has 4 nitrogen and oxygen atoms in total. The molecule has 34 heavy (non-hydrogen) atoms. The second-order valence-corrected chi connectivity index (χ2v) is 7.54. The van der Waals surface area contributed by atoms with Gasteiger partial charge in [-0.15, -0.1) is 0 Å². The summed E-state index contributed by atoms with van der Waals surface area (Å²) in [6.45, 7) is -2.96. The van der Waals surface area contributed by atoms with Crippen molar-refractivity contribution in [2.24, 2.45) is 0 Å². The van der Waals surface area contributed by atoms with E-state index in [-0.39, 0.29) is 28.2 Å². The molecule has 0 aliphatic heterocycles. The zero-order chi connectivity index (χ0) is 24.5. The predicted molar refractivity (Wildman–Crippen MR) is 119 cm³/mol. The lowest BCUT2D eigenvalue weighted by molar-refractivity contribution is -0.137. The molecule has 0 saturated heterocycles. The van der Waals surface area contributed by atoms with Crippen LogP contribution in [0.3, 0.4) is 0 Å². The van der Waals surface area contributed by atoms with Crippen LogP contribution >= 0.6 is 11.6 Å². The Morgan fingerprint density at radius 3 is 2.38 bits per heavy atom. The molecule has 1 heterocycles. The first-order chi connectivity index (χ1) is 16.1. The van der Waals surface area contributed by atoms with Gasteiger partial charge in [0.2, 0.25) is 0 Å². The van der Waals surface area contributed by atoms with Crippen LogP contribution < -0.4 is 10.3 Å². The lowest BCUT2D eigenvalue weighted by atomic mass is 10.1. The zero-order valence-electron chi connectivity index (χ0n) is 17.1. The van der Waals surface area contributed by atoms with Crippen LogP contribution in [0.4, 0.5) is 22.0 Å². The van der Waals surface area contributed by atoms with Crippen molar-refractivity contribution in [1.82, 2.24) is 9.55 Å². The maximum atomic E-state index is 13.3. The third-order valence-corrected chi connectivity index (χ3v) is 5.05. The number of benzene rings is 3. The number of hydrogen-bond donors (Lipinski definition) is 0. The molecule has 10 heteroatoms. The number of fused-ring (bicyclic) bond motifs is 1. The van der Waals surface area contributed by atoms with Gasteiger partial charge in [-0.1, -0.05) is 35.9 Å². The predicted octanol–water partition coefficient (Wildman–Crippen LogP) is 6.83. The Bertz CT molecular complexity index is 1430. The minimum absolute atomic E-state index is 0.0236. The van der Waals surface area contributed by atoms with Crippen molar-refractivity contribution in [3.8, 4) is 11.4 Å². The monoisotopic (exact) mass is 492 g/mol. The first-order valence-electron chi connectivity index (χ1n) is 9.75. The van der Waals surface area contributed by atoms with Gasteiger partial charge in [0.1, 0.15) is 11.6 Å². The zero-order valence-corrected chi connectivity index (χ0v) is 17.8. The second kappa shape index (κ2) is 9.26. The van der Waals surface area contributed by atoms with Crippen molar-refractivity contribution in [2.45, 2.75) is 12.8 Å². The van der Waals surface area contributed by atoms with E-state index in [1.165, 1.54) is 66.7 Å². The van der Waals surface area contributed by atoms with Gasteiger partial charge in [0.15, 0.2) is 0 Å². The van der Waals surface area contributed by atoms with E-state index in [2.05, 4.69) is 9.72 Å². The Balaban J connectivity index is 1.85. The fraction of sp³-hybridized carbons (Fsp3) is 0.0833. The van der Waals surface area contributed by atoms with Crippen LogP contribution in [0.2, 0.25) is 5.02 Å². The summed E-state index contributed by atoms with van der Waals surface area (Å²) >= 11 is 6.02. The normalized spacial score (nSPS) is 12.1. The first-order valence-corrected chi connectivity index (χ1v) is 10.1. The molecule has 0 N–H and O–H groups in total. The molecule has 3 aromatic carbocycles. The van der Waals surface area contributed by atoms with Crippen LogP contribution in [0.5, 0.6) is 5.75 Å². The molecule has 4 aromatic rings. The Labute approximate surface area is 194 Å². The van der Waals surface area contributed by atoms with E-state index in [9.17, 15) is 26.7 Å². The Morgan fingerprint density at radius 2 is 1.71 bits per heavy atom. The van der Waals surface area contributed by atoms with Crippen LogP contribution in [0.15, 0.2) is 71.5 Å². The van der Waals surface area contributed by atoms with Gasteiger partial charge in [0.05, 0.1) is 22.2 Å². The van der Waals surface area contributed by atoms with Crippen LogP contribution in [0.25, 0.3) is 28.7 Å². The second-order valence-electron chi connectivity index (χ2n) is 7.10. The van der Waals surface area contributed by atoms with Gasteiger partial charge in [-0.05, 0) is 60.2 Å². The van der Waals surface area contributed by atoms with E-state index in [1.54, 1.807) is 0 Å².